The molecule has 0 N–H and O–H groups in total. The van der Waals surface area contributed by atoms with E-state index < -0.39 is 0 Å². The predicted octanol–water partition coefficient (Wildman–Crippen LogP) is 4.23. The van der Waals surface area contributed by atoms with Crippen LogP contribution < -0.4 is 0 Å². The van der Waals surface area contributed by atoms with Gasteiger partial charge in [0, 0.05) is 17.0 Å². The average Bonchev–Trinajstić information content (AvgIpc) is 3.19. The zero-order valence-electron chi connectivity index (χ0n) is 10.6. The number of hydrogen-bond acceptors (Lipinski definition) is 2. The van der Waals surface area contributed by atoms with Gasteiger partial charge in [0.2, 0.25) is 0 Å². The van der Waals surface area contributed by atoms with Gasteiger partial charge in [-0.15, -0.1) is 5.10 Å². The number of rotatable bonds is 2. The van der Waals surface area contributed by atoms with Crippen molar-refractivity contribution in [1.29, 1.82) is 0 Å². The second-order valence-corrected chi connectivity index (χ2v) is 5.49. The van der Waals surface area contributed by atoms with E-state index in [1.54, 1.807) is 18.3 Å². The van der Waals surface area contributed by atoms with Crippen LogP contribution in [0.1, 0.15) is 18.9 Å². The SMILES string of the molecule is Fc1ccc2cc(-c3cnnc(Cl)c3)n(C3CC3)c2c1. The number of aromatic nitrogens is 3. The molecule has 4 rings (SSSR count). The van der Waals surface area contributed by atoms with E-state index in [2.05, 4.69) is 20.8 Å². The summed E-state index contributed by atoms with van der Waals surface area (Å²) in [5.74, 6) is -0.213. The Bertz CT molecular complexity index is 808. The Morgan fingerprint density at radius 2 is 2.05 bits per heavy atom. The Hall–Kier alpha value is -1.94. The highest BCUT2D eigenvalue weighted by molar-refractivity contribution is 6.29. The van der Waals surface area contributed by atoms with Crippen LogP contribution >= 0.6 is 11.6 Å². The van der Waals surface area contributed by atoms with Crippen molar-refractivity contribution in [2.75, 3.05) is 0 Å². The van der Waals surface area contributed by atoms with Gasteiger partial charge in [-0.2, -0.15) is 5.10 Å². The van der Waals surface area contributed by atoms with Crippen LogP contribution in [-0.2, 0) is 0 Å². The minimum Gasteiger partial charge on any atom is -0.337 e. The van der Waals surface area contributed by atoms with E-state index in [0.717, 1.165) is 35.0 Å². The maximum Gasteiger partial charge on any atom is 0.152 e. The van der Waals surface area contributed by atoms with Crippen LogP contribution in [0.3, 0.4) is 0 Å². The number of nitrogens with zero attached hydrogens (tertiary/aromatic N) is 3. The quantitative estimate of drug-likeness (QED) is 0.706. The van der Waals surface area contributed by atoms with Crippen molar-refractivity contribution < 1.29 is 4.39 Å². The van der Waals surface area contributed by atoms with E-state index in [-0.39, 0.29) is 5.82 Å². The van der Waals surface area contributed by atoms with Gasteiger partial charge in [-0.25, -0.2) is 4.39 Å². The van der Waals surface area contributed by atoms with Crippen LogP contribution in [0.4, 0.5) is 4.39 Å². The Morgan fingerprint density at radius 3 is 2.80 bits per heavy atom. The highest BCUT2D eigenvalue weighted by Gasteiger charge is 2.28. The lowest BCUT2D eigenvalue weighted by molar-refractivity contribution is 0.628. The van der Waals surface area contributed by atoms with Crippen LogP contribution in [0.2, 0.25) is 5.15 Å². The standard InChI is InChI=1S/C15H11ClFN3/c16-15-6-10(8-18-19-15)13-5-9-1-2-11(17)7-14(9)20(13)12-3-4-12/h1-2,5-8,12H,3-4H2. The van der Waals surface area contributed by atoms with Gasteiger partial charge in [0.05, 0.1) is 17.4 Å². The predicted molar refractivity (Wildman–Crippen MR) is 76.2 cm³/mol. The zero-order chi connectivity index (χ0) is 13.7. The van der Waals surface area contributed by atoms with E-state index >= 15 is 0 Å². The lowest BCUT2D eigenvalue weighted by atomic mass is 10.2. The molecule has 1 saturated carbocycles. The molecule has 20 heavy (non-hydrogen) atoms. The molecule has 3 aromatic rings. The zero-order valence-corrected chi connectivity index (χ0v) is 11.3. The summed E-state index contributed by atoms with van der Waals surface area (Å²) in [4.78, 5) is 0. The van der Waals surface area contributed by atoms with Crippen LogP contribution in [0.15, 0.2) is 36.5 Å². The Balaban J connectivity index is 2.01. The van der Waals surface area contributed by atoms with Crippen molar-refractivity contribution in [3.05, 3.63) is 47.5 Å². The molecule has 1 aliphatic rings. The summed E-state index contributed by atoms with van der Waals surface area (Å²) in [5.41, 5.74) is 2.86. The molecular formula is C15H11ClFN3. The summed E-state index contributed by atoms with van der Waals surface area (Å²) in [6, 6.07) is 9.17. The molecule has 2 heterocycles. The minimum absolute atomic E-state index is 0.213. The fraction of sp³-hybridized carbons (Fsp3) is 0.200. The van der Waals surface area contributed by atoms with Crippen molar-refractivity contribution >= 4 is 22.5 Å². The van der Waals surface area contributed by atoms with E-state index in [1.807, 2.05) is 6.07 Å². The first-order valence-corrected chi connectivity index (χ1v) is 6.89. The Morgan fingerprint density at radius 1 is 1.20 bits per heavy atom. The third-order valence-corrected chi connectivity index (χ3v) is 3.82. The van der Waals surface area contributed by atoms with E-state index in [0.29, 0.717) is 11.2 Å². The third kappa shape index (κ3) is 1.88. The number of hydrogen-bond donors (Lipinski definition) is 0. The van der Waals surface area contributed by atoms with Gasteiger partial charge in [-0.1, -0.05) is 11.6 Å². The fourth-order valence-electron chi connectivity index (χ4n) is 2.62. The van der Waals surface area contributed by atoms with Gasteiger partial charge in [-0.05, 0) is 43.2 Å². The Kier molecular flexibility index (Phi) is 2.54. The number of halogens is 2. The first-order valence-electron chi connectivity index (χ1n) is 6.51. The molecule has 1 fully saturated rings. The molecule has 0 bridgehead atoms. The molecule has 0 unspecified atom stereocenters. The molecule has 100 valence electrons. The van der Waals surface area contributed by atoms with Gasteiger partial charge < -0.3 is 4.57 Å². The smallest absolute Gasteiger partial charge is 0.152 e. The van der Waals surface area contributed by atoms with E-state index in [9.17, 15) is 4.39 Å². The van der Waals surface area contributed by atoms with Gasteiger partial charge in [0.25, 0.3) is 0 Å². The number of benzene rings is 1. The topological polar surface area (TPSA) is 30.7 Å². The molecule has 0 spiro atoms. The summed E-state index contributed by atoms with van der Waals surface area (Å²) >= 11 is 5.92. The highest BCUT2D eigenvalue weighted by Crippen LogP contribution is 2.42. The molecule has 1 aromatic carbocycles. The summed E-state index contributed by atoms with van der Waals surface area (Å²) in [6.07, 6.45) is 3.94. The Labute approximate surface area is 120 Å². The van der Waals surface area contributed by atoms with E-state index in [1.165, 1.54) is 6.07 Å². The first-order chi connectivity index (χ1) is 9.72. The van der Waals surface area contributed by atoms with Gasteiger partial charge in [0.1, 0.15) is 5.82 Å². The second-order valence-electron chi connectivity index (χ2n) is 5.10. The lowest BCUT2D eigenvalue weighted by Gasteiger charge is -2.09. The summed E-state index contributed by atoms with van der Waals surface area (Å²) in [7, 11) is 0. The first kappa shape index (κ1) is 11.9. The molecule has 0 amide bonds. The van der Waals surface area contributed by atoms with Crippen LogP contribution in [-0.4, -0.2) is 14.8 Å². The summed E-state index contributed by atoms with van der Waals surface area (Å²) in [6.45, 7) is 0. The summed E-state index contributed by atoms with van der Waals surface area (Å²) in [5, 5.41) is 9.06. The average molecular weight is 288 g/mol. The molecule has 3 nitrogen and oxygen atoms in total. The van der Waals surface area contributed by atoms with Gasteiger partial charge >= 0.3 is 0 Å². The monoisotopic (exact) mass is 287 g/mol. The molecular weight excluding hydrogens is 277 g/mol. The van der Waals surface area contributed by atoms with Crippen molar-refractivity contribution in [2.45, 2.75) is 18.9 Å². The van der Waals surface area contributed by atoms with Gasteiger partial charge in [0.15, 0.2) is 5.15 Å². The molecule has 0 radical (unpaired) electrons. The molecule has 1 aliphatic carbocycles. The summed E-state index contributed by atoms with van der Waals surface area (Å²) < 4.78 is 15.7. The molecule has 0 saturated heterocycles. The maximum atomic E-state index is 13.5. The van der Waals surface area contributed by atoms with Crippen LogP contribution in [0.25, 0.3) is 22.2 Å². The molecule has 2 aromatic heterocycles. The van der Waals surface area contributed by atoms with Gasteiger partial charge in [-0.3, -0.25) is 0 Å². The number of fused-ring (bicyclic) bond motifs is 1. The normalized spacial score (nSPS) is 14.9. The molecule has 0 atom stereocenters. The third-order valence-electron chi connectivity index (χ3n) is 3.64. The maximum absolute atomic E-state index is 13.5. The lowest BCUT2D eigenvalue weighted by Crippen LogP contribution is -1.97. The molecule has 5 heteroatoms. The second kappa shape index (κ2) is 4.28. The fourth-order valence-corrected chi connectivity index (χ4v) is 2.78. The molecule has 0 aliphatic heterocycles. The highest BCUT2D eigenvalue weighted by atomic mass is 35.5. The largest absolute Gasteiger partial charge is 0.337 e. The van der Waals surface area contributed by atoms with Crippen LogP contribution in [0.5, 0.6) is 0 Å². The van der Waals surface area contributed by atoms with Crippen molar-refractivity contribution in [3.63, 3.8) is 0 Å². The van der Waals surface area contributed by atoms with Crippen molar-refractivity contribution in [1.82, 2.24) is 14.8 Å². The van der Waals surface area contributed by atoms with E-state index in [4.69, 9.17) is 11.6 Å². The van der Waals surface area contributed by atoms with Crippen LogP contribution in [0, 0.1) is 5.82 Å². The minimum atomic E-state index is -0.213. The van der Waals surface area contributed by atoms with Crippen molar-refractivity contribution in [3.8, 4) is 11.3 Å². The van der Waals surface area contributed by atoms with Crippen molar-refractivity contribution in [2.24, 2.45) is 0 Å².